The van der Waals surface area contributed by atoms with E-state index >= 15 is 0 Å². The van der Waals surface area contributed by atoms with Crippen LogP contribution in [0.1, 0.15) is 34.8 Å². The maximum Gasteiger partial charge on any atom is 0.316 e. The van der Waals surface area contributed by atoms with Gasteiger partial charge in [0.2, 0.25) is 0 Å². The quantitative estimate of drug-likeness (QED) is 0.765. The zero-order valence-electron chi connectivity index (χ0n) is 9.62. The van der Waals surface area contributed by atoms with E-state index in [9.17, 15) is 9.59 Å². The Hall–Kier alpha value is -2.10. The number of rotatable bonds is 2. The number of anilines is 1. The summed E-state index contributed by atoms with van der Waals surface area (Å²) in [5.74, 6) is 0. The lowest BCUT2D eigenvalue weighted by atomic mass is 9.91. The first-order valence-corrected chi connectivity index (χ1v) is 5.46. The summed E-state index contributed by atoms with van der Waals surface area (Å²) >= 11 is 0. The van der Waals surface area contributed by atoms with Crippen LogP contribution < -0.4 is 11.1 Å². The Labute approximate surface area is 99.5 Å². The number of benzene rings is 1. The lowest BCUT2D eigenvalue weighted by Crippen LogP contribution is -2.20. The molecule has 0 radical (unpaired) electrons. The van der Waals surface area contributed by atoms with Crippen molar-refractivity contribution in [3.05, 3.63) is 34.4 Å². The molecule has 3 N–H and O–H groups in total. The normalized spacial score (nSPS) is 13.6. The molecule has 0 spiro atoms. The van der Waals surface area contributed by atoms with Crippen LogP contribution in [0.4, 0.5) is 10.5 Å². The minimum atomic E-state index is -0.657. The van der Waals surface area contributed by atoms with E-state index in [-0.39, 0.29) is 0 Å². The highest BCUT2D eigenvalue weighted by atomic mass is 16.2. The first kappa shape index (κ1) is 11.4. The Morgan fingerprint density at radius 1 is 1.41 bits per heavy atom. The van der Waals surface area contributed by atoms with Crippen LogP contribution in [0.5, 0.6) is 0 Å². The number of amides is 2. The molecule has 2 rings (SSSR count). The van der Waals surface area contributed by atoms with Crippen LogP contribution in [-0.2, 0) is 6.42 Å². The first-order valence-electron chi connectivity index (χ1n) is 5.46. The second-order valence-corrected chi connectivity index (χ2v) is 4.24. The van der Waals surface area contributed by atoms with E-state index in [4.69, 9.17) is 5.73 Å². The van der Waals surface area contributed by atoms with Crippen molar-refractivity contribution in [3.63, 3.8) is 0 Å². The minimum Gasteiger partial charge on any atom is -0.351 e. The number of allylic oxidation sites excluding steroid dienone is 1. The molecule has 0 atom stereocenters. The SMILES string of the molecule is CC1=Cc2cc(C=O)c(NC(N)=O)cc2CC1. The number of hydrogen-bond acceptors (Lipinski definition) is 2. The highest BCUT2D eigenvalue weighted by Gasteiger charge is 2.13. The molecule has 1 aliphatic carbocycles. The van der Waals surface area contributed by atoms with Gasteiger partial charge in [-0.2, -0.15) is 0 Å². The summed E-state index contributed by atoms with van der Waals surface area (Å²) in [5, 5.41) is 2.47. The van der Waals surface area contributed by atoms with Crippen molar-refractivity contribution in [2.45, 2.75) is 19.8 Å². The van der Waals surface area contributed by atoms with E-state index in [1.165, 1.54) is 5.57 Å². The zero-order valence-corrected chi connectivity index (χ0v) is 9.62. The number of nitrogens with two attached hydrogens (primary N) is 1. The Kier molecular flexibility index (Phi) is 2.95. The molecule has 4 nitrogen and oxygen atoms in total. The molecule has 1 aromatic carbocycles. The molecule has 88 valence electrons. The highest BCUT2D eigenvalue weighted by molar-refractivity contribution is 5.95. The molecule has 4 heteroatoms. The van der Waals surface area contributed by atoms with Crippen molar-refractivity contribution >= 4 is 24.1 Å². The second kappa shape index (κ2) is 4.41. The number of carbonyl (C=O) groups is 2. The minimum absolute atomic E-state index is 0.452. The lowest BCUT2D eigenvalue weighted by Gasteiger charge is -2.16. The molecule has 0 aromatic heterocycles. The molecule has 0 aliphatic heterocycles. The van der Waals surface area contributed by atoms with Crippen LogP contribution in [0.2, 0.25) is 0 Å². The molecule has 1 aliphatic rings. The number of aldehydes is 1. The fourth-order valence-corrected chi connectivity index (χ4v) is 2.04. The number of primary amides is 1. The van der Waals surface area contributed by atoms with Crippen LogP contribution in [0.15, 0.2) is 17.7 Å². The van der Waals surface area contributed by atoms with E-state index < -0.39 is 6.03 Å². The molecule has 0 saturated heterocycles. The molecular formula is C13H14N2O2. The van der Waals surface area contributed by atoms with Crippen molar-refractivity contribution in [2.75, 3.05) is 5.32 Å². The summed E-state index contributed by atoms with van der Waals surface area (Å²) in [6, 6.07) is 2.96. The molecule has 0 saturated carbocycles. The standard InChI is InChI=1S/C13H14N2O2/c1-8-2-3-9-6-12(15-13(14)17)11(7-16)5-10(9)4-8/h4-7H,2-3H2,1H3,(H3,14,15,17). The first-order chi connectivity index (χ1) is 8.10. The third kappa shape index (κ3) is 2.36. The highest BCUT2D eigenvalue weighted by Crippen LogP contribution is 2.28. The molecule has 0 bridgehead atoms. The smallest absolute Gasteiger partial charge is 0.316 e. The molecule has 17 heavy (non-hydrogen) atoms. The summed E-state index contributed by atoms with van der Waals surface area (Å²) in [5.41, 5.74) is 9.48. The van der Waals surface area contributed by atoms with Crippen molar-refractivity contribution in [1.29, 1.82) is 0 Å². The fourth-order valence-electron chi connectivity index (χ4n) is 2.04. The summed E-state index contributed by atoms with van der Waals surface area (Å²) in [6.45, 7) is 2.07. The second-order valence-electron chi connectivity index (χ2n) is 4.24. The van der Waals surface area contributed by atoms with E-state index in [1.807, 2.05) is 6.07 Å². The number of aryl methyl sites for hydroxylation is 1. The zero-order chi connectivity index (χ0) is 12.4. The van der Waals surface area contributed by atoms with Gasteiger partial charge in [0.1, 0.15) is 0 Å². The topological polar surface area (TPSA) is 72.2 Å². The van der Waals surface area contributed by atoms with Gasteiger partial charge in [0.05, 0.1) is 5.69 Å². The van der Waals surface area contributed by atoms with Gasteiger partial charge in [-0.3, -0.25) is 4.79 Å². The average Bonchev–Trinajstić information content (AvgIpc) is 2.28. The van der Waals surface area contributed by atoms with Crippen molar-refractivity contribution in [3.8, 4) is 0 Å². The van der Waals surface area contributed by atoms with Gasteiger partial charge in [-0.25, -0.2) is 4.79 Å². The maximum atomic E-state index is 11.0. The lowest BCUT2D eigenvalue weighted by molar-refractivity contribution is 0.112. The molecule has 0 fully saturated rings. The Balaban J connectivity index is 2.49. The van der Waals surface area contributed by atoms with Gasteiger partial charge in [0.25, 0.3) is 0 Å². The number of nitrogens with one attached hydrogen (secondary N) is 1. The van der Waals surface area contributed by atoms with E-state index in [1.54, 1.807) is 6.07 Å². The monoisotopic (exact) mass is 230 g/mol. The van der Waals surface area contributed by atoms with Gasteiger partial charge < -0.3 is 11.1 Å². The molecular weight excluding hydrogens is 216 g/mol. The Morgan fingerprint density at radius 3 is 2.82 bits per heavy atom. The van der Waals surface area contributed by atoms with Gasteiger partial charge >= 0.3 is 6.03 Å². The van der Waals surface area contributed by atoms with E-state index in [0.717, 1.165) is 30.3 Å². The van der Waals surface area contributed by atoms with Gasteiger partial charge in [-0.1, -0.05) is 11.6 Å². The van der Waals surface area contributed by atoms with Crippen molar-refractivity contribution in [2.24, 2.45) is 5.73 Å². The van der Waals surface area contributed by atoms with Crippen molar-refractivity contribution in [1.82, 2.24) is 0 Å². The van der Waals surface area contributed by atoms with Gasteiger partial charge in [0.15, 0.2) is 6.29 Å². The summed E-state index contributed by atoms with van der Waals surface area (Å²) in [6.07, 6.45) is 4.72. The maximum absolute atomic E-state index is 11.0. The molecule has 0 heterocycles. The van der Waals surface area contributed by atoms with Crippen molar-refractivity contribution < 1.29 is 9.59 Å². The number of hydrogen-bond donors (Lipinski definition) is 2. The van der Waals surface area contributed by atoms with Crippen LogP contribution in [-0.4, -0.2) is 12.3 Å². The summed E-state index contributed by atoms with van der Waals surface area (Å²) in [4.78, 5) is 21.8. The number of fused-ring (bicyclic) bond motifs is 1. The fraction of sp³-hybridized carbons (Fsp3) is 0.231. The predicted molar refractivity (Wildman–Crippen MR) is 67.0 cm³/mol. The van der Waals surface area contributed by atoms with Crippen LogP contribution >= 0.6 is 0 Å². The average molecular weight is 230 g/mol. The Morgan fingerprint density at radius 2 is 2.18 bits per heavy atom. The van der Waals surface area contributed by atoms with Crippen LogP contribution in [0, 0.1) is 0 Å². The Bertz CT molecular complexity index is 518. The van der Waals surface area contributed by atoms with E-state index in [2.05, 4.69) is 18.3 Å². The van der Waals surface area contributed by atoms with Gasteiger partial charge in [0, 0.05) is 5.56 Å². The largest absolute Gasteiger partial charge is 0.351 e. The van der Waals surface area contributed by atoms with Gasteiger partial charge in [-0.15, -0.1) is 0 Å². The number of urea groups is 1. The van der Waals surface area contributed by atoms with Crippen LogP contribution in [0.3, 0.4) is 0 Å². The third-order valence-corrected chi connectivity index (χ3v) is 2.89. The number of carbonyl (C=O) groups excluding carboxylic acids is 2. The van der Waals surface area contributed by atoms with Gasteiger partial charge in [-0.05, 0) is 43.0 Å². The third-order valence-electron chi connectivity index (χ3n) is 2.89. The predicted octanol–water partition coefficient (Wildman–Crippen LogP) is 2.34. The molecule has 0 unspecified atom stereocenters. The molecule has 2 amide bonds. The summed E-state index contributed by atoms with van der Waals surface area (Å²) < 4.78 is 0. The molecule has 1 aromatic rings. The van der Waals surface area contributed by atoms with Crippen LogP contribution in [0.25, 0.3) is 6.08 Å². The summed E-state index contributed by atoms with van der Waals surface area (Å²) in [7, 11) is 0. The van der Waals surface area contributed by atoms with E-state index in [0.29, 0.717) is 11.3 Å².